The highest BCUT2D eigenvalue weighted by Gasteiger charge is 2.11. The highest BCUT2D eigenvalue weighted by Crippen LogP contribution is 2.24. The van der Waals surface area contributed by atoms with Crippen molar-refractivity contribution in [3.05, 3.63) is 60.3 Å². The van der Waals surface area contributed by atoms with Gasteiger partial charge in [-0.15, -0.1) is 0 Å². The Labute approximate surface area is 194 Å². The number of aryl methyl sites for hydroxylation is 1. The lowest BCUT2D eigenvalue weighted by Gasteiger charge is -2.15. The van der Waals surface area contributed by atoms with Crippen LogP contribution in [0.15, 0.2) is 54.7 Å². The van der Waals surface area contributed by atoms with Crippen LogP contribution in [0.5, 0.6) is 5.75 Å². The van der Waals surface area contributed by atoms with Crippen LogP contribution in [-0.4, -0.2) is 47.4 Å². The van der Waals surface area contributed by atoms with Crippen molar-refractivity contribution >= 4 is 40.8 Å². The predicted octanol–water partition coefficient (Wildman–Crippen LogP) is 5.44. The summed E-state index contributed by atoms with van der Waals surface area (Å²) >= 11 is 1.56. The molecule has 0 aliphatic carbocycles. The summed E-state index contributed by atoms with van der Waals surface area (Å²) in [6.45, 7) is 6.09. The van der Waals surface area contributed by atoms with E-state index in [1.165, 1.54) is 25.9 Å². The number of anilines is 5. The Morgan fingerprint density at radius 2 is 1.78 bits per heavy atom. The van der Waals surface area contributed by atoms with Gasteiger partial charge in [0.2, 0.25) is 5.95 Å². The summed E-state index contributed by atoms with van der Waals surface area (Å²) in [5, 5.41) is 6.66. The van der Waals surface area contributed by atoms with E-state index in [0.717, 1.165) is 47.3 Å². The maximum atomic E-state index is 5.88. The van der Waals surface area contributed by atoms with Crippen molar-refractivity contribution in [2.75, 3.05) is 47.9 Å². The largest absolute Gasteiger partial charge is 0.492 e. The number of ether oxygens (including phenoxy) is 1. The second-order valence-corrected chi connectivity index (χ2v) is 8.40. The summed E-state index contributed by atoms with van der Waals surface area (Å²) in [6.07, 6.45) is 6.43. The van der Waals surface area contributed by atoms with Crippen LogP contribution < -0.4 is 20.1 Å². The van der Waals surface area contributed by atoms with Gasteiger partial charge in [-0.25, -0.2) is 4.98 Å². The van der Waals surface area contributed by atoms with E-state index in [9.17, 15) is 0 Å². The zero-order chi connectivity index (χ0) is 22.2. The van der Waals surface area contributed by atoms with Gasteiger partial charge in [0, 0.05) is 41.6 Å². The van der Waals surface area contributed by atoms with Crippen molar-refractivity contribution in [1.82, 2.24) is 14.9 Å². The van der Waals surface area contributed by atoms with Gasteiger partial charge in [-0.3, -0.25) is 4.90 Å². The molecule has 0 unspecified atom stereocenters. The predicted molar refractivity (Wildman–Crippen MR) is 135 cm³/mol. The number of hydrogen-bond donors (Lipinski definition) is 3. The van der Waals surface area contributed by atoms with Gasteiger partial charge in [-0.1, -0.05) is 18.0 Å². The van der Waals surface area contributed by atoms with Gasteiger partial charge in [-0.2, -0.15) is 4.98 Å². The van der Waals surface area contributed by atoms with E-state index in [4.69, 9.17) is 4.74 Å². The van der Waals surface area contributed by atoms with Crippen LogP contribution in [0.4, 0.5) is 28.8 Å². The molecule has 0 saturated carbocycles. The third kappa shape index (κ3) is 6.27. The fraction of sp³-hybridized carbons (Fsp3) is 0.333. The van der Waals surface area contributed by atoms with Gasteiger partial charge in [-0.05, 0) is 75.3 Å². The summed E-state index contributed by atoms with van der Waals surface area (Å²) < 4.78 is 9.13. The van der Waals surface area contributed by atoms with Crippen molar-refractivity contribution in [2.45, 2.75) is 19.8 Å². The molecule has 8 heteroatoms. The zero-order valence-electron chi connectivity index (χ0n) is 18.6. The molecule has 32 heavy (non-hydrogen) atoms. The minimum Gasteiger partial charge on any atom is -0.492 e. The Balaban J connectivity index is 1.35. The molecule has 168 valence electrons. The van der Waals surface area contributed by atoms with Crippen LogP contribution in [0.2, 0.25) is 0 Å². The lowest BCUT2D eigenvalue weighted by Crippen LogP contribution is -2.25. The minimum absolute atomic E-state index is 0.541. The van der Waals surface area contributed by atoms with Crippen LogP contribution in [0.1, 0.15) is 18.4 Å². The molecule has 0 amide bonds. The van der Waals surface area contributed by atoms with Crippen molar-refractivity contribution in [3.63, 3.8) is 0 Å². The number of aromatic nitrogens is 2. The Hall–Kier alpha value is -2.97. The zero-order valence-corrected chi connectivity index (χ0v) is 19.4. The molecular formula is C24H30N6OS. The summed E-state index contributed by atoms with van der Waals surface area (Å²) in [5.41, 5.74) is 3.89. The van der Waals surface area contributed by atoms with Gasteiger partial charge in [0.15, 0.2) is 0 Å². The molecule has 1 saturated heterocycles. The quantitative estimate of drug-likeness (QED) is 0.353. The molecule has 2 aromatic carbocycles. The van der Waals surface area contributed by atoms with E-state index in [1.807, 2.05) is 67.9 Å². The average molecular weight is 451 g/mol. The first-order valence-electron chi connectivity index (χ1n) is 10.9. The van der Waals surface area contributed by atoms with Crippen molar-refractivity contribution in [3.8, 4) is 5.75 Å². The standard InChI is InChI=1S/C24H30N6OS/c1-18-17-25-24(28-23(18)26-20-6-5-7-21(16-20)29-32-2)27-19-8-10-22(11-9-19)31-15-14-30-12-3-4-13-30/h5-11,16-17,29H,3-4,12-15H2,1-2H3,(H2,25,26,27,28). The van der Waals surface area contributed by atoms with Gasteiger partial charge in [0.25, 0.3) is 0 Å². The molecule has 0 spiro atoms. The number of nitrogens with one attached hydrogen (secondary N) is 3. The van der Waals surface area contributed by atoms with Gasteiger partial charge in [0.05, 0.1) is 0 Å². The smallest absolute Gasteiger partial charge is 0.229 e. The Morgan fingerprint density at radius 1 is 1.00 bits per heavy atom. The fourth-order valence-corrected chi connectivity index (χ4v) is 3.97. The molecule has 1 aromatic heterocycles. The van der Waals surface area contributed by atoms with Crippen LogP contribution in [0.3, 0.4) is 0 Å². The molecule has 2 heterocycles. The Bertz CT molecular complexity index is 1010. The summed E-state index contributed by atoms with van der Waals surface area (Å²) in [6, 6.07) is 16.0. The first-order chi connectivity index (χ1) is 15.7. The van der Waals surface area contributed by atoms with Crippen LogP contribution in [0, 0.1) is 6.92 Å². The summed E-state index contributed by atoms with van der Waals surface area (Å²) in [4.78, 5) is 11.5. The van der Waals surface area contributed by atoms with E-state index in [-0.39, 0.29) is 0 Å². The topological polar surface area (TPSA) is 74.3 Å². The SMILES string of the molecule is CSNc1cccc(Nc2nc(Nc3ccc(OCCN4CCCC4)cc3)ncc2C)c1. The number of benzene rings is 2. The average Bonchev–Trinajstić information content (AvgIpc) is 3.31. The van der Waals surface area contributed by atoms with Crippen LogP contribution >= 0.6 is 11.9 Å². The lowest BCUT2D eigenvalue weighted by atomic mass is 10.2. The van der Waals surface area contributed by atoms with Gasteiger partial charge in [0.1, 0.15) is 18.2 Å². The molecule has 0 radical (unpaired) electrons. The molecule has 0 bridgehead atoms. The highest BCUT2D eigenvalue weighted by molar-refractivity contribution is 7.99. The van der Waals surface area contributed by atoms with Gasteiger partial charge < -0.3 is 20.1 Å². The molecule has 7 nitrogen and oxygen atoms in total. The molecule has 3 N–H and O–H groups in total. The van der Waals surface area contributed by atoms with Crippen molar-refractivity contribution in [2.24, 2.45) is 0 Å². The maximum absolute atomic E-state index is 5.88. The molecule has 0 atom stereocenters. The van der Waals surface area contributed by atoms with E-state index in [1.54, 1.807) is 11.9 Å². The summed E-state index contributed by atoms with van der Waals surface area (Å²) in [5.74, 6) is 2.19. The normalized spacial score (nSPS) is 13.7. The second kappa shape index (κ2) is 11.1. The molecule has 1 fully saturated rings. The van der Waals surface area contributed by atoms with E-state index in [0.29, 0.717) is 5.95 Å². The van der Waals surface area contributed by atoms with E-state index in [2.05, 4.69) is 30.2 Å². The van der Waals surface area contributed by atoms with E-state index >= 15 is 0 Å². The third-order valence-corrected chi connectivity index (χ3v) is 5.74. The fourth-order valence-electron chi connectivity index (χ4n) is 3.61. The number of rotatable bonds is 10. The molecule has 4 rings (SSSR count). The van der Waals surface area contributed by atoms with Gasteiger partial charge >= 0.3 is 0 Å². The van der Waals surface area contributed by atoms with Crippen LogP contribution in [-0.2, 0) is 0 Å². The number of likely N-dealkylation sites (tertiary alicyclic amines) is 1. The van der Waals surface area contributed by atoms with Crippen molar-refractivity contribution < 1.29 is 4.74 Å². The third-order valence-electron chi connectivity index (χ3n) is 5.30. The molecule has 1 aliphatic rings. The second-order valence-electron chi connectivity index (χ2n) is 7.78. The number of hydrogen-bond acceptors (Lipinski definition) is 8. The minimum atomic E-state index is 0.541. The Morgan fingerprint density at radius 3 is 2.56 bits per heavy atom. The number of nitrogens with zero attached hydrogens (tertiary/aromatic N) is 3. The summed E-state index contributed by atoms with van der Waals surface area (Å²) in [7, 11) is 0. The molecule has 3 aromatic rings. The monoisotopic (exact) mass is 450 g/mol. The molecule has 1 aliphatic heterocycles. The maximum Gasteiger partial charge on any atom is 0.229 e. The lowest BCUT2D eigenvalue weighted by molar-refractivity contribution is 0.238. The van der Waals surface area contributed by atoms with E-state index < -0.39 is 0 Å². The highest BCUT2D eigenvalue weighted by atomic mass is 32.2. The Kier molecular flexibility index (Phi) is 7.68. The van der Waals surface area contributed by atoms with Crippen molar-refractivity contribution in [1.29, 1.82) is 0 Å². The van der Waals surface area contributed by atoms with Crippen LogP contribution in [0.25, 0.3) is 0 Å². The first kappa shape index (κ1) is 22.2. The molecular weight excluding hydrogens is 420 g/mol. The first-order valence-corrected chi connectivity index (χ1v) is 12.1.